The van der Waals surface area contributed by atoms with E-state index in [0.29, 0.717) is 6.54 Å². The Morgan fingerprint density at radius 1 is 1.22 bits per heavy atom. The minimum absolute atomic E-state index is 0. The quantitative estimate of drug-likeness (QED) is 0.678. The lowest BCUT2D eigenvalue weighted by molar-refractivity contribution is -0.126. The summed E-state index contributed by atoms with van der Waals surface area (Å²) in [4.78, 5) is 22.0. The predicted octanol–water partition coefficient (Wildman–Crippen LogP) is -0.0302. The second kappa shape index (κ2) is 8.49. The monoisotopic (exact) mass is 271 g/mol. The average Bonchev–Trinajstić information content (AvgIpc) is 2.29. The molecular weight excluding hydrogens is 254 g/mol. The van der Waals surface area contributed by atoms with E-state index in [1.165, 1.54) is 0 Å². The minimum atomic E-state index is -0.858. The van der Waals surface area contributed by atoms with Crippen LogP contribution < -0.4 is 16.8 Å². The van der Waals surface area contributed by atoms with Crippen LogP contribution in [0.3, 0.4) is 0 Å². The topological polar surface area (TPSA) is 98.2 Å². The van der Waals surface area contributed by atoms with Gasteiger partial charge >= 0.3 is 0 Å². The van der Waals surface area contributed by atoms with E-state index in [1.54, 1.807) is 0 Å². The number of nitrogens with one attached hydrogen (secondary N) is 1. The number of hydrogen-bond acceptors (Lipinski definition) is 3. The van der Waals surface area contributed by atoms with Crippen LogP contribution >= 0.6 is 12.4 Å². The molecule has 1 aromatic carbocycles. The zero-order chi connectivity index (χ0) is 12.7. The van der Waals surface area contributed by atoms with Crippen LogP contribution in [0.5, 0.6) is 0 Å². The molecule has 5 N–H and O–H groups in total. The molecule has 2 amide bonds. The van der Waals surface area contributed by atoms with E-state index in [-0.39, 0.29) is 24.7 Å². The lowest BCUT2D eigenvalue weighted by Gasteiger charge is -2.10. The van der Waals surface area contributed by atoms with Gasteiger partial charge in [-0.05, 0) is 12.0 Å². The van der Waals surface area contributed by atoms with Crippen molar-refractivity contribution in [2.24, 2.45) is 11.5 Å². The van der Waals surface area contributed by atoms with Gasteiger partial charge in [0.05, 0.1) is 12.5 Å². The van der Waals surface area contributed by atoms with Crippen molar-refractivity contribution >= 4 is 24.2 Å². The first-order valence-electron chi connectivity index (χ1n) is 5.45. The van der Waals surface area contributed by atoms with Gasteiger partial charge in [-0.25, -0.2) is 0 Å². The molecule has 1 atom stereocenters. The molecule has 0 heterocycles. The third-order valence-corrected chi connectivity index (χ3v) is 2.31. The van der Waals surface area contributed by atoms with Gasteiger partial charge in [0, 0.05) is 6.54 Å². The number of nitrogens with two attached hydrogens (primary N) is 2. The first-order chi connectivity index (χ1) is 8.09. The van der Waals surface area contributed by atoms with Crippen molar-refractivity contribution < 1.29 is 9.59 Å². The van der Waals surface area contributed by atoms with Gasteiger partial charge in [-0.3, -0.25) is 9.59 Å². The summed E-state index contributed by atoms with van der Waals surface area (Å²) in [5.74, 6) is -0.921. The number of primary amides is 1. The molecule has 18 heavy (non-hydrogen) atoms. The Morgan fingerprint density at radius 2 is 1.83 bits per heavy atom. The second-order valence-corrected chi connectivity index (χ2v) is 3.80. The van der Waals surface area contributed by atoms with Crippen LogP contribution in [0.1, 0.15) is 12.0 Å². The van der Waals surface area contributed by atoms with Crippen LogP contribution in [0.15, 0.2) is 30.3 Å². The molecular formula is C12H18ClN3O2. The van der Waals surface area contributed by atoms with Crippen LogP contribution in [0.4, 0.5) is 0 Å². The second-order valence-electron chi connectivity index (χ2n) is 3.80. The number of carbonyl (C=O) groups is 2. The van der Waals surface area contributed by atoms with Crippen LogP contribution in [0.2, 0.25) is 0 Å². The molecule has 0 saturated carbocycles. The molecule has 100 valence electrons. The van der Waals surface area contributed by atoms with Crippen molar-refractivity contribution in [3.8, 4) is 0 Å². The van der Waals surface area contributed by atoms with Gasteiger partial charge in [-0.1, -0.05) is 30.3 Å². The number of carbonyl (C=O) groups excluding carboxylic acids is 2. The molecule has 1 unspecified atom stereocenters. The normalized spacial score (nSPS) is 11.2. The van der Waals surface area contributed by atoms with Crippen LogP contribution in [-0.2, 0) is 16.0 Å². The summed E-state index contributed by atoms with van der Waals surface area (Å²) in [6.07, 6.45) is 0.604. The van der Waals surface area contributed by atoms with Crippen molar-refractivity contribution in [3.63, 3.8) is 0 Å². The summed E-state index contributed by atoms with van der Waals surface area (Å²) in [5, 5.41) is 2.66. The molecule has 0 spiro atoms. The molecule has 6 heteroatoms. The SMILES string of the molecule is Cl.NC(=O)CC(N)C(=O)NCCc1ccccc1. The number of halogens is 1. The Labute approximate surface area is 112 Å². The number of hydrogen-bond donors (Lipinski definition) is 3. The average molecular weight is 272 g/mol. The van der Waals surface area contributed by atoms with E-state index in [1.807, 2.05) is 30.3 Å². The van der Waals surface area contributed by atoms with Gasteiger partial charge in [-0.15, -0.1) is 12.4 Å². The summed E-state index contributed by atoms with van der Waals surface area (Å²) in [7, 11) is 0. The van der Waals surface area contributed by atoms with E-state index in [4.69, 9.17) is 11.5 Å². The highest BCUT2D eigenvalue weighted by molar-refractivity contribution is 5.87. The van der Waals surface area contributed by atoms with Crippen molar-refractivity contribution in [1.29, 1.82) is 0 Å². The van der Waals surface area contributed by atoms with Crippen molar-refractivity contribution in [2.75, 3.05) is 6.54 Å². The lowest BCUT2D eigenvalue weighted by atomic mass is 10.1. The molecule has 1 aromatic rings. The van der Waals surface area contributed by atoms with E-state index in [2.05, 4.69) is 5.32 Å². The number of amides is 2. The maximum absolute atomic E-state index is 11.4. The van der Waals surface area contributed by atoms with Gasteiger partial charge in [-0.2, -0.15) is 0 Å². The summed E-state index contributed by atoms with van der Waals surface area (Å²) in [6, 6.07) is 8.92. The predicted molar refractivity (Wildman–Crippen MR) is 72.2 cm³/mol. The van der Waals surface area contributed by atoms with Crippen molar-refractivity contribution in [2.45, 2.75) is 18.9 Å². The van der Waals surface area contributed by atoms with Gasteiger partial charge in [0.25, 0.3) is 0 Å². The van der Waals surface area contributed by atoms with E-state index < -0.39 is 11.9 Å². The fourth-order valence-electron chi connectivity index (χ4n) is 1.42. The first kappa shape index (κ1) is 16.4. The van der Waals surface area contributed by atoms with Crippen molar-refractivity contribution in [1.82, 2.24) is 5.32 Å². The Bertz CT molecular complexity index is 384. The summed E-state index contributed by atoms with van der Waals surface area (Å²) in [6.45, 7) is 0.495. The summed E-state index contributed by atoms with van der Waals surface area (Å²) >= 11 is 0. The molecule has 0 fully saturated rings. The van der Waals surface area contributed by atoms with Gasteiger partial charge in [0.1, 0.15) is 0 Å². The standard InChI is InChI=1S/C12H17N3O2.ClH/c13-10(8-11(14)16)12(17)15-7-6-9-4-2-1-3-5-9;/h1-5,10H,6-8,13H2,(H2,14,16)(H,15,17);1H. The van der Waals surface area contributed by atoms with Crippen LogP contribution in [-0.4, -0.2) is 24.4 Å². The Hall–Kier alpha value is -1.59. The molecule has 0 aliphatic heterocycles. The van der Waals surface area contributed by atoms with Gasteiger partial charge < -0.3 is 16.8 Å². The minimum Gasteiger partial charge on any atom is -0.370 e. The molecule has 0 bridgehead atoms. The number of benzene rings is 1. The van der Waals surface area contributed by atoms with Crippen LogP contribution in [0, 0.1) is 0 Å². The maximum Gasteiger partial charge on any atom is 0.237 e. The highest BCUT2D eigenvalue weighted by Gasteiger charge is 2.14. The Balaban J connectivity index is 0.00000289. The highest BCUT2D eigenvalue weighted by atomic mass is 35.5. The molecule has 0 aliphatic rings. The fourth-order valence-corrected chi connectivity index (χ4v) is 1.42. The zero-order valence-electron chi connectivity index (χ0n) is 9.96. The molecule has 1 rings (SSSR count). The third kappa shape index (κ3) is 6.22. The van der Waals surface area contributed by atoms with Crippen LogP contribution in [0.25, 0.3) is 0 Å². The molecule has 0 saturated heterocycles. The maximum atomic E-state index is 11.4. The first-order valence-corrected chi connectivity index (χ1v) is 5.45. The van der Waals surface area contributed by atoms with Gasteiger partial charge in [0.15, 0.2) is 0 Å². The van der Waals surface area contributed by atoms with Crippen molar-refractivity contribution in [3.05, 3.63) is 35.9 Å². The molecule has 5 nitrogen and oxygen atoms in total. The van der Waals surface area contributed by atoms with E-state index in [9.17, 15) is 9.59 Å². The summed E-state index contributed by atoms with van der Waals surface area (Å²) in [5.41, 5.74) is 11.6. The van der Waals surface area contributed by atoms with Gasteiger partial charge in [0.2, 0.25) is 11.8 Å². The third-order valence-electron chi connectivity index (χ3n) is 2.31. The molecule has 0 aliphatic carbocycles. The number of rotatable bonds is 6. The zero-order valence-corrected chi connectivity index (χ0v) is 10.8. The van der Waals surface area contributed by atoms with E-state index >= 15 is 0 Å². The Morgan fingerprint density at radius 3 is 2.39 bits per heavy atom. The highest BCUT2D eigenvalue weighted by Crippen LogP contribution is 1.98. The van der Waals surface area contributed by atoms with E-state index in [0.717, 1.165) is 12.0 Å². The summed E-state index contributed by atoms with van der Waals surface area (Å²) < 4.78 is 0. The fraction of sp³-hybridized carbons (Fsp3) is 0.333. The molecule has 0 aromatic heterocycles. The largest absolute Gasteiger partial charge is 0.370 e. The Kier molecular flexibility index (Phi) is 7.74. The lowest BCUT2D eigenvalue weighted by Crippen LogP contribution is -2.43. The smallest absolute Gasteiger partial charge is 0.237 e. The molecule has 0 radical (unpaired) electrons.